The Morgan fingerprint density at radius 2 is 1.94 bits per heavy atom. The van der Waals surface area contributed by atoms with Crippen molar-refractivity contribution in [1.82, 2.24) is 9.97 Å². The molecular formula is C15H12N2O. The van der Waals surface area contributed by atoms with Crippen LogP contribution >= 0.6 is 0 Å². The summed E-state index contributed by atoms with van der Waals surface area (Å²) in [6.45, 7) is 0. The molecule has 1 aromatic heterocycles. The average molecular weight is 236 g/mol. The number of imidazole rings is 1. The molecule has 0 radical (unpaired) electrons. The highest BCUT2D eigenvalue weighted by molar-refractivity contribution is 6.00. The highest BCUT2D eigenvalue weighted by Gasteiger charge is 2.08. The summed E-state index contributed by atoms with van der Waals surface area (Å²) in [4.78, 5) is 19.3. The second-order valence-electron chi connectivity index (χ2n) is 4.22. The molecular weight excluding hydrogens is 224 g/mol. The molecule has 1 N–H and O–H groups in total. The van der Waals surface area contributed by atoms with Crippen molar-refractivity contribution < 1.29 is 4.79 Å². The first-order chi connectivity index (χ1) is 8.83. The van der Waals surface area contributed by atoms with Crippen LogP contribution in [0.15, 0.2) is 54.9 Å². The maximum atomic E-state index is 12.1. The molecule has 0 spiro atoms. The largest absolute Gasteiger partial charge is 0.345 e. The molecule has 0 fully saturated rings. The van der Waals surface area contributed by atoms with Crippen molar-refractivity contribution >= 4 is 16.8 Å². The number of fused-ring (bicyclic) bond motifs is 1. The quantitative estimate of drug-likeness (QED) is 0.710. The van der Waals surface area contributed by atoms with E-state index in [1.165, 1.54) is 0 Å². The molecule has 3 aromatic rings. The molecule has 3 rings (SSSR count). The van der Waals surface area contributed by atoms with E-state index in [1.54, 1.807) is 6.33 Å². The number of nitrogens with zero attached hydrogens (tertiary/aromatic N) is 1. The predicted octanol–water partition coefficient (Wildman–Crippen LogP) is 2.99. The molecule has 0 bridgehead atoms. The average Bonchev–Trinajstić information content (AvgIpc) is 2.87. The third kappa shape index (κ3) is 2.02. The van der Waals surface area contributed by atoms with Crippen LogP contribution in [0.1, 0.15) is 15.9 Å². The molecule has 0 aliphatic carbocycles. The summed E-state index contributed by atoms with van der Waals surface area (Å²) < 4.78 is 0. The van der Waals surface area contributed by atoms with Gasteiger partial charge in [-0.2, -0.15) is 0 Å². The smallest absolute Gasteiger partial charge is 0.167 e. The van der Waals surface area contributed by atoms with Crippen LogP contribution in [0.2, 0.25) is 0 Å². The number of hydrogen-bond donors (Lipinski definition) is 1. The van der Waals surface area contributed by atoms with Gasteiger partial charge in [0, 0.05) is 12.0 Å². The Hall–Kier alpha value is -2.42. The number of carbonyl (C=O) groups excluding carboxylic acids is 1. The zero-order valence-corrected chi connectivity index (χ0v) is 9.76. The van der Waals surface area contributed by atoms with Crippen LogP contribution in [0.4, 0.5) is 0 Å². The minimum atomic E-state index is 0.123. The van der Waals surface area contributed by atoms with E-state index in [2.05, 4.69) is 9.97 Å². The number of Topliss-reactive ketones (excluding diaryl/α,β-unsaturated/α-hetero) is 1. The molecule has 0 unspecified atom stereocenters. The fraction of sp³-hybridized carbons (Fsp3) is 0.0667. The molecule has 0 amide bonds. The summed E-state index contributed by atoms with van der Waals surface area (Å²) in [5.74, 6) is 0.123. The Kier molecular flexibility index (Phi) is 2.65. The van der Waals surface area contributed by atoms with Gasteiger partial charge in [-0.25, -0.2) is 4.98 Å². The van der Waals surface area contributed by atoms with Crippen molar-refractivity contribution in [2.24, 2.45) is 0 Å². The van der Waals surface area contributed by atoms with Gasteiger partial charge in [0.1, 0.15) is 0 Å². The maximum Gasteiger partial charge on any atom is 0.167 e. The molecule has 0 atom stereocenters. The van der Waals surface area contributed by atoms with Gasteiger partial charge in [0.05, 0.1) is 17.4 Å². The van der Waals surface area contributed by atoms with Crippen molar-refractivity contribution in [3.05, 3.63) is 66.0 Å². The summed E-state index contributed by atoms with van der Waals surface area (Å²) in [5, 5.41) is 0. The van der Waals surface area contributed by atoms with E-state index in [0.717, 1.165) is 22.2 Å². The van der Waals surface area contributed by atoms with E-state index in [4.69, 9.17) is 0 Å². The molecule has 0 saturated carbocycles. The zero-order valence-electron chi connectivity index (χ0n) is 9.76. The number of carbonyl (C=O) groups is 1. The van der Waals surface area contributed by atoms with Gasteiger partial charge >= 0.3 is 0 Å². The molecule has 2 aromatic carbocycles. The van der Waals surface area contributed by atoms with Crippen LogP contribution in [0.3, 0.4) is 0 Å². The van der Waals surface area contributed by atoms with Gasteiger partial charge in [-0.05, 0) is 23.8 Å². The van der Waals surface area contributed by atoms with Crippen molar-refractivity contribution in [3.8, 4) is 0 Å². The van der Waals surface area contributed by atoms with E-state index >= 15 is 0 Å². The summed E-state index contributed by atoms with van der Waals surface area (Å²) >= 11 is 0. The lowest BCUT2D eigenvalue weighted by molar-refractivity contribution is 0.0993. The molecule has 0 aliphatic heterocycles. The number of aromatic nitrogens is 2. The first-order valence-corrected chi connectivity index (χ1v) is 5.83. The predicted molar refractivity (Wildman–Crippen MR) is 70.6 cm³/mol. The molecule has 3 heteroatoms. The van der Waals surface area contributed by atoms with E-state index in [1.807, 2.05) is 48.5 Å². The van der Waals surface area contributed by atoms with Gasteiger partial charge < -0.3 is 4.98 Å². The Morgan fingerprint density at radius 1 is 1.11 bits per heavy atom. The van der Waals surface area contributed by atoms with Crippen LogP contribution < -0.4 is 0 Å². The van der Waals surface area contributed by atoms with Crippen LogP contribution in [0.25, 0.3) is 11.0 Å². The highest BCUT2D eigenvalue weighted by atomic mass is 16.1. The van der Waals surface area contributed by atoms with Gasteiger partial charge in [0.15, 0.2) is 5.78 Å². The van der Waals surface area contributed by atoms with Gasteiger partial charge in [-0.15, -0.1) is 0 Å². The monoisotopic (exact) mass is 236 g/mol. The van der Waals surface area contributed by atoms with E-state index in [9.17, 15) is 4.79 Å². The zero-order chi connectivity index (χ0) is 12.4. The molecule has 3 nitrogen and oxygen atoms in total. The van der Waals surface area contributed by atoms with Crippen LogP contribution in [0, 0.1) is 0 Å². The lowest BCUT2D eigenvalue weighted by atomic mass is 10.0. The van der Waals surface area contributed by atoms with Crippen molar-refractivity contribution in [2.75, 3.05) is 0 Å². The Bertz CT molecular complexity index is 686. The molecule has 0 aliphatic rings. The minimum Gasteiger partial charge on any atom is -0.345 e. The van der Waals surface area contributed by atoms with E-state index in [0.29, 0.717) is 6.42 Å². The van der Waals surface area contributed by atoms with Crippen molar-refractivity contribution in [2.45, 2.75) is 6.42 Å². The summed E-state index contributed by atoms with van der Waals surface area (Å²) in [5.41, 5.74) is 3.53. The molecule has 88 valence electrons. The summed E-state index contributed by atoms with van der Waals surface area (Å²) in [6.07, 6.45) is 2.07. The Balaban J connectivity index is 1.87. The number of ketones is 1. The number of aromatic amines is 1. The Labute approximate surface area is 104 Å². The molecule has 18 heavy (non-hydrogen) atoms. The number of benzene rings is 2. The first kappa shape index (κ1) is 10.7. The number of H-pyrrole nitrogens is 1. The maximum absolute atomic E-state index is 12.1. The second-order valence-corrected chi connectivity index (χ2v) is 4.22. The third-order valence-electron chi connectivity index (χ3n) is 2.95. The van der Waals surface area contributed by atoms with Crippen LogP contribution in [0.5, 0.6) is 0 Å². The third-order valence-corrected chi connectivity index (χ3v) is 2.95. The van der Waals surface area contributed by atoms with Gasteiger partial charge in [0.2, 0.25) is 0 Å². The fourth-order valence-corrected chi connectivity index (χ4v) is 1.99. The lowest BCUT2D eigenvalue weighted by Crippen LogP contribution is -2.03. The second kappa shape index (κ2) is 4.45. The van der Waals surface area contributed by atoms with E-state index < -0.39 is 0 Å². The topological polar surface area (TPSA) is 45.8 Å². The van der Waals surface area contributed by atoms with Gasteiger partial charge in [-0.3, -0.25) is 4.79 Å². The number of nitrogens with one attached hydrogen (secondary N) is 1. The van der Waals surface area contributed by atoms with Gasteiger partial charge in [-0.1, -0.05) is 30.3 Å². The van der Waals surface area contributed by atoms with Gasteiger partial charge in [0.25, 0.3) is 0 Å². The number of hydrogen-bond acceptors (Lipinski definition) is 2. The van der Waals surface area contributed by atoms with Crippen molar-refractivity contribution in [1.29, 1.82) is 0 Å². The molecule has 0 saturated heterocycles. The fourth-order valence-electron chi connectivity index (χ4n) is 1.99. The SMILES string of the molecule is O=C(Cc1ccccc1)c1ccc2nc[nH]c2c1. The first-order valence-electron chi connectivity index (χ1n) is 5.83. The highest BCUT2D eigenvalue weighted by Crippen LogP contribution is 2.14. The minimum absolute atomic E-state index is 0.123. The Morgan fingerprint density at radius 3 is 2.78 bits per heavy atom. The van der Waals surface area contributed by atoms with Crippen LogP contribution in [-0.4, -0.2) is 15.8 Å². The van der Waals surface area contributed by atoms with Crippen molar-refractivity contribution in [3.63, 3.8) is 0 Å². The normalized spacial score (nSPS) is 10.7. The summed E-state index contributed by atoms with van der Waals surface area (Å²) in [6, 6.07) is 15.3. The molecule has 1 heterocycles. The standard InChI is InChI=1S/C15H12N2O/c18-15(8-11-4-2-1-3-5-11)12-6-7-13-14(9-12)17-10-16-13/h1-7,9-10H,8H2,(H,16,17). The summed E-state index contributed by atoms with van der Waals surface area (Å²) in [7, 11) is 0. The number of rotatable bonds is 3. The van der Waals surface area contributed by atoms with E-state index in [-0.39, 0.29) is 5.78 Å². The lowest BCUT2D eigenvalue weighted by Gasteiger charge is -2.01. The van der Waals surface area contributed by atoms with Crippen LogP contribution in [-0.2, 0) is 6.42 Å².